The summed E-state index contributed by atoms with van der Waals surface area (Å²) in [6, 6.07) is 15.4. The van der Waals surface area contributed by atoms with Crippen molar-refractivity contribution in [3.8, 4) is 5.75 Å². The summed E-state index contributed by atoms with van der Waals surface area (Å²) in [6.07, 6.45) is -5.48. The van der Waals surface area contributed by atoms with Crippen molar-refractivity contribution in [2.45, 2.75) is 18.0 Å². The maximum Gasteiger partial charge on any atom is 0.429 e. The van der Waals surface area contributed by atoms with Gasteiger partial charge in [0.2, 0.25) is 0 Å². The van der Waals surface area contributed by atoms with Crippen molar-refractivity contribution in [3.63, 3.8) is 0 Å². The Kier molecular flexibility index (Phi) is 9.30. The van der Waals surface area contributed by atoms with Crippen molar-refractivity contribution in [1.82, 2.24) is 0 Å². The molecule has 0 amide bonds. The highest BCUT2D eigenvalue weighted by Crippen LogP contribution is 2.14. The van der Waals surface area contributed by atoms with Gasteiger partial charge in [0.25, 0.3) is 0 Å². The van der Waals surface area contributed by atoms with Gasteiger partial charge in [-0.05, 0) is 31.2 Å². The number of sulfone groups is 1. The van der Waals surface area contributed by atoms with E-state index < -0.39 is 43.9 Å². The largest absolute Gasteiger partial charge is 0.497 e. The van der Waals surface area contributed by atoms with Gasteiger partial charge in [0.05, 0.1) is 17.8 Å². The van der Waals surface area contributed by atoms with Gasteiger partial charge >= 0.3 is 16.3 Å². The summed E-state index contributed by atoms with van der Waals surface area (Å²) < 4.78 is 90.2. The second kappa shape index (κ2) is 11.0. The lowest BCUT2D eigenvalue weighted by Crippen LogP contribution is -2.19. The zero-order chi connectivity index (χ0) is 22.8. The molecule has 0 aliphatic heterocycles. The first-order valence-electron chi connectivity index (χ1n) is 8.26. The number of alkyl halides is 3. The van der Waals surface area contributed by atoms with Crippen LogP contribution in [-0.2, 0) is 24.2 Å². The first-order chi connectivity index (χ1) is 13.8. The second-order valence-electron chi connectivity index (χ2n) is 5.76. The van der Waals surface area contributed by atoms with Crippen LogP contribution in [0.15, 0.2) is 64.6 Å². The highest BCUT2D eigenvalue weighted by Gasteiger charge is 2.26. The predicted molar refractivity (Wildman–Crippen MR) is 106 cm³/mol. The Balaban J connectivity index is 0.000000467. The first-order valence-corrected chi connectivity index (χ1v) is 11.5. The predicted octanol–water partition coefficient (Wildman–Crippen LogP) is 3.36. The zero-order valence-electron chi connectivity index (χ0n) is 16.0. The van der Waals surface area contributed by atoms with E-state index in [-0.39, 0.29) is 4.90 Å². The molecule has 0 unspecified atom stereocenters. The number of benzene rings is 2. The van der Waals surface area contributed by atoms with Gasteiger partial charge < -0.3 is 4.74 Å². The molecule has 0 saturated carbocycles. The molecule has 0 spiro atoms. The van der Waals surface area contributed by atoms with E-state index in [9.17, 15) is 30.0 Å². The summed E-state index contributed by atoms with van der Waals surface area (Å²) in [6.45, 7) is 1.74. The number of para-hydroxylation sites is 1. The van der Waals surface area contributed by atoms with Crippen molar-refractivity contribution < 1.29 is 39.0 Å². The SMILES string of the molecule is COc1ccccc1.Cc1ccc(S(=O)(=O)CCS(=O)(=O)O/N=C/C(F)(F)F)cc1. The van der Waals surface area contributed by atoms with E-state index in [0.717, 1.165) is 11.3 Å². The molecule has 0 radical (unpaired) electrons. The number of methoxy groups -OCH3 is 1. The maximum absolute atomic E-state index is 11.9. The topological polar surface area (TPSA) is 99.1 Å². The van der Waals surface area contributed by atoms with Crippen LogP contribution in [0.3, 0.4) is 0 Å². The molecule has 0 atom stereocenters. The summed E-state index contributed by atoms with van der Waals surface area (Å²) in [5.74, 6) is -0.939. The third kappa shape index (κ3) is 10.3. The highest BCUT2D eigenvalue weighted by atomic mass is 32.2. The molecule has 0 heterocycles. The Labute approximate surface area is 173 Å². The number of aryl methyl sites for hydroxylation is 1. The Bertz CT molecular complexity index is 1020. The van der Waals surface area contributed by atoms with Gasteiger partial charge in [0.1, 0.15) is 17.7 Å². The van der Waals surface area contributed by atoms with Crippen molar-refractivity contribution in [1.29, 1.82) is 0 Å². The lowest BCUT2D eigenvalue weighted by molar-refractivity contribution is -0.0550. The number of nitrogens with zero attached hydrogens (tertiary/aromatic N) is 1. The van der Waals surface area contributed by atoms with E-state index >= 15 is 0 Å². The first kappa shape index (κ1) is 25.4. The van der Waals surface area contributed by atoms with Crippen molar-refractivity contribution in [3.05, 3.63) is 60.2 Å². The Morgan fingerprint density at radius 1 is 0.933 bits per heavy atom. The standard InChI is InChI=1S/C11H12F3NO5S2.C7H8O/c1-9-2-4-10(5-3-9)21(16,17)6-7-22(18,19)20-15-8-11(12,13)14;1-8-7-5-3-2-4-6-7/h2-5,8H,6-7H2,1H3;2-6H,1H3/b15-8+;. The van der Waals surface area contributed by atoms with E-state index in [4.69, 9.17) is 4.74 Å². The van der Waals surface area contributed by atoms with E-state index in [0.29, 0.717) is 0 Å². The Hall–Kier alpha value is -2.60. The van der Waals surface area contributed by atoms with Crippen LogP contribution in [0, 0.1) is 6.92 Å². The molecule has 12 heteroatoms. The fourth-order valence-electron chi connectivity index (χ4n) is 1.82. The summed E-state index contributed by atoms with van der Waals surface area (Å²) in [5, 5.41) is 2.27. The quantitative estimate of drug-likeness (QED) is 0.457. The van der Waals surface area contributed by atoms with Gasteiger partial charge in [-0.15, -0.1) is 0 Å². The van der Waals surface area contributed by atoms with Gasteiger partial charge in [-0.25, -0.2) is 8.42 Å². The number of rotatable bonds is 7. The summed E-state index contributed by atoms with van der Waals surface area (Å²) in [7, 11) is -6.77. The number of hydrogen-bond acceptors (Lipinski definition) is 7. The van der Waals surface area contributed by atoms with E-state index in [1.54, 1.807) is 14.0 Å². The monoisotopic (exact) mass is 467 g/mol. The summed E-state index contributed by atoms with van der Waals surface area (Å²) in [5.41, 5.74) is 0.816. The lowest BCUT2D eigenvalue weighted by Gasteiger charge is -2.05. The number of hydrogen-bond donors (Lipinski definition) is 0. The molecule has 0 N–H and O–H groups in total. The van der Waals surface area contributed by atoms with Crippen LogP contribution in [0.1, 0.15) is 5.56 Å². The van der Waals surface area contributed by atoms with Crippen LogP contribution in [0.25, 0.3) is 0 Å². The second-order valence-corrected chi connectivity index (χ2v) is 9.54. The molecule has 2 aromatic carbocycles. The molecule has 0 bridgehead atoms. The molecule has 0 saturated heterocycles. The van der Waals surface area contributed by atoms with Gasteiger partial charge in [-0.1, -0.05) is 41.1 Å². The minimum Gasteiger partial charge on any atom is -0.497 e. The number of oxime groups is 1. The Morgan fingerprint density at radius 2 is 1.50 bits per heavy atom. The fourth-order valence-corrected chi connectivity index (χ4v) is 4.55. The van der Waals surface area contributed by atoms with Crippen LogP contribution < -0.4 is 4.74 Å². The molecular formula is C18H20F3NO6S2. The van der Waals surface area contributed by atoms with Crippen molar-refractivity contribution in [2.75, 3.05) is 18.6 Å². The Morgan fingerprint density at radius 3 is 1.97 bits per heavy atom. The van der Waals surface area contributed by atoms with E-state index in [2.05, 4.69) is 9.44 Å². The average molecular weight is 467 g/mol. The third-order valence-electron chi connectivity index (χ3n) is 3.32. The van der Waals surface area contributed by atoms with Crippen LogP contribution in [0.5, 0.6) is 5.75 Å². The molecule has 30 heavy (non-hydrogen) atoms. The van der Waals surface area contributed by atoms with Crippen LogP contribution >= 0.6 is 0 Å². The molecular weight excluding hydrogens is 447 g/mol. The minimum absolute atomic E-state index is 0.0907. The number of ether oxygens (including phenoxy) is 1. The highest BCUT2D eigenvalue weighted by molar-refractivity contribution is 7.93. The number of halogens is 3. The fraction of sp³-hybridized carbons (Fsp3) is 0.278. The molecule has 0 aromatic heterocycles. The maximum atomic E-state index is 11.9. The normalized spacial score (nSPS) is 12.2. The smallest absolute Gasteiger partial charge is 0.429 e. The van der Waals surface area contributed by atoms with Gasteiger partial charge in [-0.2, -0.15) is 21.6 Å². The zero-order valence-corrected chi connectivity index (χ0v) is 17.7. The molecule has 0 aliphatic rings. The molecule has 2 aromatic rings. The molecule has 7 nitrogen and oxygen atoms in total. The van der Waals surface area contributed by atoms with E-state index in [1.807, 2.05) is 30.3 Å². The van der Waals surface area contributed by atoms with Crippen LogP contribution in [0.2, 0.25) is 0 Å². The van der Waals surface area contributed by atoms with Crippen molar-refractivity contribution in [2.24, 2.45) is 5.16 Å². The van der Waals surface area contributed by atoms with E-state index in [1.165, 1.54) is 24.3 Å². The van der Waals surface area contributed by atoms with Crippen LogP contribution in [0.4, 0.5) is 13.2 Å². The molecule has 2 rings (SSSR count). The van der Waals surface area contributed by atoms with Gasteiger partial charge in [0, 0.05) is 0 Å². The lowest BCUT2D eigenvalue weighted by atomic mass is 10.2. The van der Waals surface area contributed by atoms with Crippen LogP contribution in [-0.4, -0.2) is 47.8 Å². The third-order valence-corrected chi connectivity index (χ3v) is 6.32. The molecule has 0 aliphatic carbocycles. The average Bonchev–Trinajstić information content (AvgIpc) is 2.67. The van der Waals surface area contributed by atoms with Crippen molar-refractivity contribution >= 4 is 26.2 Å². The molecule has 166 valence electrons. The van der Waals surface area contributed by atoms with Gasteiger partial charge in [0.15, 0.2) is 9.84 Å². The molecule has 0 fully saturated rings. The van der Waals surface area contributed by atoms with Gasteiger partial charge in [-0.3, -0.25) is 4.28 Å². The minimum atomic E-state index is -4.83. The summed E-state index contributed by atoms with van der Waals surface area (Å²) in [4.78, 5) is -0.0907. The summed E-state index contributed by atoms with van der Waals surface area (Å²) >= 11 is 0.